The fraction of sp³-hybridized carbons (Fsp3) is 0.379. The van der Waals surface area contributed by atoms with Crippen LogP contribution in [0.2, 0.25) is 0 Å². The molecule has 0 saturated carbocycles. The van der Waals surface area contributed by atoms with Crippen LogP contribution < -0.4 is 0 Å². The summed E-state index contributed by atoms with van der Waals surface area (Å²) in [6.45, 7) is 4.24. The Hall–Kier alpha value is -2.12. The van der Waals surface area contributed by atoms with Crippen molar-refractivity contribution in [3.8, 4) is 0 Å². The van der Waals surface area contributed by atoms with E-state index in [1.807, 2.05) is 23.9 Å². The fourth-order valence-electron chi connectivity index (χ4n) is 6.27. The number of likely N-dealkylation sites (tertiary alicyclic amines) is 1. The van der Waals surface area contributed by atoms with Gasteiger partial charge in [-0.05, 0) is 61.2 Å². The van der Waals surface area contributed by atoms with Gasteiger partial charge in [-0.1, -0.05) is 66.7 Å². The SMILES string of the molecule is O=S(=O)(c1ccccc1)N1C[C@@H](CN2CCC3(CC2)CSc2ccccc23)[C@@H](c2ccccc2)C1. The molecule has 3 aliphatic heterocycles. The Morgan fingerprint density at radius 2 is 1.49 bits per heavy atom. The maximum atomic E-state index is 13.4. The van der Waals surface area contributed by atoms with Crippen LogP contribution in [0.4, 0.5) is 0 Å². The maximum Gasteiger partial charge on any atom is 0.243 e. The molecule has 182 valence electrons. The van der Waals surface area contributed by atoms with E-state index < -0.39 is 10.0 Å². The van der Waals surface area contributed by atoms with E-state index in [0.29, 0.717) is 23.4 Å². The van der Waals surface area contributed by atoms with Gasteiger partial charge in [0.15, 0.2) is 0 Å². The van der Waals surface area contributed by atoms with Gasteiger partial charge in [-0.15, -0.1) is 11.8 Å². The van der Waals surface area contributed by atoms with Crippen molar-refractivity contribution in [2.75, 3.05) is 38.5 Å². The van der Waals surface area contributed by atoms with Gasteiger partial charge >= 0.3 is 0 Å². The van der Waals surface area contributed by atoms with Crippen LogP contribution in [-0.4, -0.2) is 56.1 Å². The zero-order valence-corrected chi connectivity index (χ0v) is 21.6. The maximum absolute atomic E-state index is 13.4. The summed E-state index contributed by atoms with van der Waals surface area (Å²) >= 11 is 2.01. The summed E-state index contributed by atoms with van der Waals surface area (Å²) in [5.41, 5.74) is 3.11. The first kappa shape index (κ1) is 23.3. The van der Waals surface area contributed by atoms with E-state index in [9.17, 15) is 8.42 Å². The van der Waals surface area contributed by atoms with E-state index in [-0.39, 0.29) is 11.8 Å². The normalized spacial score (nSPS) is 24.6. The second-order valence-electron chi connectivity index (χ2n) is 10.3. The molecule has 6 rings (SSSR count). The molecule has 0 N–H and O–H groups in total. The lowest BCUT2D eigenvalue weighted by Crippen LogP contribution is -2.45. The van der Waals surface area contributed by atoms with Crippen molar-refractivity contribution in [2.45, 2.75) is 34.0 Å². The minimum absolute atomic E-state index is 0.216. The molecule has 3 aromatic rings. The van der Waals surface area contributed by atoms with Crippen LogP contribution in [0.25, 0.3) is 0 Å². The lowest BCUT2D eigenvalue weighted by Gasteiger charge is -2.41. The van der Waals surface area contributed by atoms with Crippen LogP contribution in [0.5, 0.6) is 0 Å². The first-order chi connectivity index (χ1) is 17.1. The number of nitrogens with zero attached hydrogens (tertiary/aromatic N) is 2. The van der Waals surface area contributed by atoms with Gasteiger partial charge in [0.05, 0.1) is 4.90 Å². The van der Waals surface area contributed by atoms with Crippen molar-refractivity contribution < 1.29 is 8.42 Å². The van der Waals surface area contributed by atoms with Crippen LogP contribution in [0.3, 0.4) is 0 Å². The Kier molecular flexibility index (Phi) is 6.25. The minimum atomic E-state index is -3.49. The van der Waals surface area contributed by atoms with Crippen LogP contribution in [0.15, 0.2) is 94.7 Å². The van der Waals surface area contributed by atoms with Crippen LogP contribution in [0.1, 0.15) is 29.9 Å². The smallest absolute Gasteiger partial charge is 0.243 e. The number of fused-ring (bicyclic) bond motifs is 2. The lowest BCUT2D eigenvalue weighted by atomic mass is 9.74. The number of thioether (sulfide) groups is 1. The molecule has 3 heterocycles. The van der Waals surface area contributed by atoms with Gasteiger partial charge < -0.3 is 4.90 Å². The molecule has 2 saturated heterocycles. The Labute approximate surface area is 213 Å². The Balaban J connectivity index is 1.20. The Morgan fingerprint density at radius 1 is 0.829 bits per heavy atom. The number of hydrogen-bond acceptors (Lipinski definition) is 4. The predicted octanol–water partition coefficient (Wildman–Crippen LogP) is 5.23. The van der Waals surface area contributed by atoms with Crippen LogP contribution >= 0.6 is 11.8 Å². The van der Waals surface area contributed by atoms with Gasteiger partial charge in [0.25, 0.3) is 0 Å². The molecule has 0 unspecified atom stereocenters. The van der Waals surface area contributed by atoms with E-state index in [2.05, 4.69) is 53.4 Å². The second kappa shape index (κ2) is 9.40. The molecule has 0 radical (unpaired) electrons. The molecule has 3 aliphatic rings. The van der Waals surface area contributed by atoms with E-state index in [4.69, 9.17) is 0 Å². The van der Waals surface area contributed by atoms with Crippen molar-refractivity contribution >= 4 is 21.8 Å². The van der Waals surface area contributed by atoms with Crippen molar-refractivity contribution in [3.63, 3.8) is 0 Å². The summed E-state index contributed by atoms with van der Waals surface area (Å²) in [6, 6.07) is 28.3. The average Bonchev–Trinajstić information content (AvgIpc) is 3.49. The second-order valence-corrected chi connectivity index (χ2v) is 13.2. The summed E-state index contributed by atoms with van der Waals surface area (Å²) in [7, 11) is -3.49. The monoisotopic (exact) mass is 504 g/mol. The summed E-state index contributed by atoms with van der Waals surface area (Å²) in [4.78, 5) is 4.45. The highest BCUT2D eigenvalue weighted by molar-refractivity contribution is 7.99. The van der Waals surface area contributed by atoms with Crippen LogP contribution in [-0.2, 0) is 15.4 Å². The van der Waals surface area contributed by atoms with E-state index in [1.165, 1.54) is 29.1 Å². The van der Waals surface area contributed by atoms with Gasteiger partial charge in [-0.2, -0.15) is 4.31 Å². The van der Waals surface area contributed by atoms with Crippen molar-refractivity contribution in [2.24, 2.45) is 5.92 Å². The molecule has 1 spiro atoms. The predicted molar refractivity (Wildman–Crippen MR) is 142 cm³/mol. The summed E-state index contributed by atoms with van der Waals surface area (Å²) in [5.74, 6) is 1.70. The third-order valence-electron chi connectivity index (χ3n) is 8.28. The standard InChI is InChI=1S/C29H32N2O2S2/c32-35(33,25-11-5-2-6-12-25)31-20-24(26(21-31)23-9-3-1-4-10-23)19-30-17-15-29(16-18-30)22-34-28-14-8-7-13-27(28)29/h1-14,24,26H,15-22H2/t24-,26-/m1/s1. The largest absolute Gasteiger partial charge is 0.303 e. The van der Waals surface area contributed by atoms with Gasteiger partial charge in [0.1, 0.15) is 0 Å². The van der Waals surface area contributed by atoms with Gasteiger partial charge in [0, 0.05) is 41.6 Å². The molecule has 0 aromatic heterocycles. The lowest BCUT2D eigenvalue weighted by molar-refractivity contribution is 0.148. The van der Waals surface area contributed by atoms with Gasteiger partial charge in [0.2, 0.25) is 10.0 Å². The van der Waals surface area contributed by atoms with Gasteiger partial charge in [-0.25, -0.2) is 8.42 Å². The van der Waals surface area contributed by atoms with E-state index in [1.54, 1.807) is 34.1 Å². The average molecular weight is 505 g/mol. The third kappa shape index (κ3) is 4.35. The zero-order valence-electron chi connectivity index (χ0n) is 19.9. The highest BCUT2D eigenvalue weighted by Gasteiger charge is 2.44. The highest BCUT2D eigenvalue weighted by atomic mass is 32.2. The molecule has 2 atom stereocenters. The summed E-state index contributed by atoms with van der Waals surface area (Å²) < 4.78 is 28.6. The fourth-order valence-corrected chi connectivity index (χ4v) is 9.30. The quantitative estimate of drug-likeness (QED) is 0.477. The van der Waals surface area contributed by atoms with E-state index in [0.717, 1.165) is 19.6 Å². The molecule has 2 fully saturated rings. The van der Waals surface area contributed by atoms with Crippen molar-refractivity contribution in [3.05, 3.63) is 96.1 Å². The van der Waals surface area contributed by atoms with E-state index >= 15 is 0 Å². The highest BCUT2D eigenvalue weighted by Crippen LogP contribution is 2.49. The molecular weight excluding hydrogens is 472 g/mol. The number of rotatable bonds is 5. The Bertz CT molecular complexity index is 1270. The first-order valence-electron chi connectivity index (χ1n) is 12.6. The van der Waals surface area contributed by atoms with Crippen molar-refractivity contribution in [1.82, 2.24) is 9.21 Å². The van der Waals surface area contributed by atoms with Crippen LogP contribution in [0, 0.1) is 5.92 Å². The molecule has 0 amide bonds. The number of hydrogen-bond donors (Lipinski definition) is 0. The molecular formula is C29H32N2O2S2. The first-order valence-corrected chi connectivity index (χ1v) is 15.0. The molecule has 4 nitrogen and oxygen atoms in total. The van der Waals surface area contributed by atoms with Gasteiger partial charge in [-0.3, -0.25) is 0 Å². The Morgan fingerprint density at radius 3 is 2.23 bits per heavy atom. The van der Waals surface area contributed by atoms with Crippen molar-refractivity contribution in [1.29, 1.82) is 0 Å². The molecule has 3 aromatic carbocycles. The zero-order chi connectivity index (χ0) is 23.9. The number of benzene rings is 3. The molecule has 0 bridgehead atoms. The number of piperidine rings is 1. The third-order valence-corrected chi connectivity index (χ3v) is 11.5. The minimum Gasteiger partial charge on any atom is -0.303 e. The summed E-state index contributed by atoms with van der Waals surface area (Å²) in [5, 5.41) is 0. The molecule has 6 heteroatoms. The molecule has 0 aliphatic carbocycles. The topological polar surface area (TPSA) is 40.6 Å². The summed E-state index contributed by atoms with van der Waals surface area (Å²) in [6.07, 6.45) is 2.37. The number of sulfonamides is 1. The molecule has 35 heavy (non-hydrogen) atoms.